The monoisotopic (exact) mass is 313 g/mol. The van der Waals surface area contributed by atoms with Crippen molar-refractivity contribution in [3.8, 4) is 0 Å². The van der Waals surface area contributed by atoms with E-state index in [9.17, 15) is 0 Å². The summed E-state index contributed by atoms with van der Waals surface area (Å²) in [5.74, 6) is 3.56. The Bertz CT molecular complexity index is 658. The molecule has 0 atom stereocenters. The van der Waals surface area contributed by atoms with Crippen molar-refractivity contribution in [1.29, 1.82) is 0 Å². The molecule has 0 spiro atoms. The minimum Gasteiger partial charge on any atom is -0.363 e. The first-order valence-corrected chi connectivity index (χ1v) is 7.85. The lowest BCUT2D eigenvalue weighted by Crippen LogP contribution is -2.47. The van der Waals surface area contributed by atoms with Crippen LogP contribution in [0.25, 0.3) is 0 Å². The molecule has 1 saturated heterocycles. The molecular weight excluding hydrogens is 290 g/mol. The molecule has 0 saturated carbocycles. The molecule has 0 N–H and O–H groups in total. The summed E-state index contributed by atoms with van der Waals surface area (Å²) in [7, 11) is 3.98. The lowest BCUT2D eigenvalue weighted by Gasteiger charge is -2.35. The molecule has 0 bridgehead atoms. The SMILES string of the molecule is Cc1cc(N2CCN(c3nccc(N(C)C)n3)CC2)nc(C)n1. The van der Waals surface area contributed by atoms with Crippen LogP contribution in [0.4, 0.5) is 17.6 Å². The minimum absolute atomic E-state index is 0.797. The molecule has 7 nitrogen and oxygen atoms in total. The molecule has 0 unspecified atom stereocenters. The Kier molecular flexibility index (Phi) is 4.27. The summed E-state index contributed by atoms with van der Waals surface area (Å²) in [6, 6.07) is 3.97. The molecule has 2 aromatic rings. The molecule has 1 aliphatic rings. The summed E-state index contributed by atoms with van der Waals surface area (Å²) < 4.78 is 0. The third kappa shape index (κ3) is 3.49. The lowest BCUT2D eigenvalue weighted by atomic mass is 10.3. The Morgan fingerprint density at radius 3 is 2.30 bits per heavy atom. The highest BCUT2D eigenvalue weighted by atomic mass is 15.3. The molecule has 0 aliphatic carbocycles. The normalized spacial score (nSPS) is 15.0. The molecule has 1 fully saturated rings. The van der Waals surface area contributed by atoms with Gasteiger partial charge in [0, 0.05) is 58.2 Å². The minimum atomic E-state index is 0.797. The summed E-state index contributed by atoms with van der Waals surface area (Å²) >= 11 is 0. The van der Waals surface area contributed by atoms with Crippen molar-refractivity contribution < 1.29 is 0 Å². The maximum atomic E-state index is 4.62. The number of aromatic nitrogens is 4. The highest BCUT2D eigenvalue weighted by molar-refractivity contribution is 5.46. The molecule has 122 valence electrons. The number of rotatable bonds is 3. The van der Waals surface area contributed by atoms with Gasteiger partial charge in [0.25, 0.3) is 0 Å². The first-order chi connectivity index (χ1) is 11.0. The van der Waals surface area contributed by atoms with Gasteiger partial charge in [0.2, 0.25) is 5.95 Å². The fourth-order valence-electron chi connectivity index (χ4n) is 2.74. The average molecular weight is 313 g/mol. The van der Waals surface area contributed by atoms with Gasteiger partial charge in [-0.05, 0) is 19.9 Å². The van der Waals surface area contributed by atoms with Gasteiger partial charge in [-0.2, -0.15) is 4.98 Å². The van der Waals surface area contributed by atoms with Crippen molar-refractivity contribution in [3.05, 3.63) is 29.8 Å². The quantitative estimate of drug-likeness (QED) is 0.846. The Hall–Kier alpha value is -2.44. The summed E-state index contributed by atoms with van der Waals surface area (Å²) in [4.78, 5) is 24.5. The van der Waals surface area contributed by atoms with Crippen LogP contribution in [0.1, 0.15) is 11.5 Å². The van der Waals surface area contributed by atoms with E-state index in [1.165, 1.54) is 0 Å². The molecule has 0 amide bonds. The van der Waals surface area contributed by atoms with Gasteiger partial charge in [-0.25, -0.2) is 15.0 Å². The van der Waals surface area contributed by atoms with Crippen LogP contribution >= 0.6 is 0 Å². The third-order valence-corrected chi connectivity index (χ3v) is 3.93. The maximum absolute atomic E-state index is 4.62. The first-order valence-electron chi connectivity index (χ1n) is 7.85. The Labute approximate surface area is 137 Å². The predicted octanol–water partition coefficient (Wildman–Crippen LogP) is 1.28. The van der Waals surface area contributed by atoms with Crippen molar-refractivity contribution in [2.75, 3.05) is 55.0 Å². The topological polar surface area (TPSA) is 61.3 Å². The second-order valence-corrected chi connectivity index (χ2v) is 6.00. The third-order valence-electron chi connectivity index (χ3n) is 3.93. The van der Waals surface area contributed by atoms with E-state index in [1.807, 2.05) is 51.2 Å². The lowest BCUT2D eigenvalue weighted by molar-refractivity contribution is 0.632. The van der Waals surface area contributed by atoms with E-state index >= 15 is 0 Å². The van der Waals surface area contributed by atoms with Crippen LogP contribution in [0, 0.1) is 13.8 Å². The Morgan fingerprint density at radius 1 is 0.957 bits per heavy atom. The van der Waals surface area contributed by atoms with Crippen molar-refractivity contribution in [1.82, 2.24) is 19.9 Å². The molecule has 23 heavy (non-hydrogen) atoms. The van der Waals surface area contributed by atoms with E-state index in [2.05, 4.69) is 29.7 Å². The predicted molar refractivity (Wildman–Crippen MR) is 92.3 cm³/mol. The summed E-state index contributed by atoms with van der Waals surface area (Å²) in [5, 5.41) is 0. The van der Waals surface area contributed by atoms with Crippen LogP contribution < -0.4 is 14.7 Å². The maximum Gasteiger partial charge on any atom is 0.227 e. The fraction of sp³-hybridized carbons (Fsp3) is 0.500. The highest BCUT2D eigenvalue weighted by Crippen LogP contribution is 2.18. The van der Waals surface area contributed by atoms with Crippen molar-refractivity contribution in [2.45, 2.75) is 13.8 Å². The van der Waals surface area contributed by atoms with Crippen LogP contribution in [0.5, 0.6) is 0 Å². The van der Waals surface area contributed by atoms with Crippen LogP contribution in [-0.4, -0.2) is 60.2 Å². The number of nitrogens with zero attached hydrogens (tertiary/aromatic N) is 7. The van der Waals surface area contributed by atoms with Gasteiger partial charge in [0.05, 0.1) is 0 Å². The number of hydrogen-bond donors (Lipinski definition) is 0. The first kappa shape index (κ1) is 15.5. The van der Waals surface area contributed by atoms with Gasteiger partial charge >= 0.3 is 0 Å². The van der Waals surface area contributed by atoms with Gasteiger partial charge in [-0.3, -0.25) is 0 Å². The van der Waals surface area contributed by atoms with Gasteiger partial charge in [-0.1, -0.05) is 0 Å². The number of aryl methyl sites for hydroxylation is 2. The summed E-state index contributed by atoms with van der Waals surface area (Å²) in [6.07, 6.45) is 1.82. The van der Waals surface area contributed by atoms with E-state index in [-0.39, 0.29) is 0 Å². The smallest absolute Gasteiger partial charge is 0.227 e. The van der Waals surface area contributed by atoms with Crippen LogP contribution in [-0.2, 0) is 0 Å². The standard InChI is InChI=1S/C16H23N7/c1-12-11-15(19-13(2)18-12)22-7-9-23(10-8-22)16-17-6-5-14(20-16)21(3)4/h5-6,11H,7-10H2,1-4H3. The fourth-order valence-corrected chi connectivity index (χ4v) is 2.74. The Morgan fingerprint density at radius 2 is 1.65 bits per heavy atom. The second-order valence-electron chi connectivity index (χ2n) is 6.00. The molecule has 3 heterocycles. The largest absolute Gasteiger partial charge is 0.363 e. The van der Waals surface area contributed by atoms with Gasteiger partial charge < -0.3 is 14.7 Å². The molecule has 0 aromatic carbocycles. The van der Waals surface area contributed by atoms with E-state index < -0.39 is 0 Å². The van der Waals surface area contributed by atoms with Crippen molar-refractivity contribution in [3.63, 3.8) is 0 Å². The van der Waals surface area contributed by atoms with E-state index in [4.69, 9.17) is 0 Å². The summed E-state index contributed by atoms with van der Waals surface area (Å²) in [5.41, 5.74) is 1.01. The zero-order valence-corrected chi connectivity index (χ0v) is 14.2. The number of piperazine rings is 1. The van der Waals surface area contributed by atoms with Crippen LogP contribution in [0.2, 0.25) is 0 Å². The molecule has 3 rings (SSSR count). The van der Waals surface area contributed by atoms with Gasteiger partial charge in [-0.15, -0.1) is 0 Å². The van der Waals surface area contributed by atoms with E-state index in [0.717, 1.165) is 55.3 Å². The highest BCUT2D eigenvalue weighted by Gasteiger charge is 2.20. The van der Waals surface area contributed by atoms with E-state index in [1.54, 1.807) is 0 Å². The van der Waals surface area contributed by atoms with Gasteiger partial charge in [0.1, 0.15) is 17.5 Å². The van der Waals surface area contributed by atoms with Crippen molar-refractivity contribution >= 4 is 17.6 Å². The van der Waals surface area contributed by atoms with Crippen molar-refractivity contribution in [2.24, 2.45) is 0 Å². The van der Waals surface area contributed by atoms with Crippen LogP contribution in [0.15, 0.2) is 18.3 Å². The molecule has 7 heteroatoms. The number of hydrogen-bond acceptors (Lipinski definition) is 7. The average Bonchev–Trinajstić information content (AvgIpc) is 2.54. The second kappa shape index (κ2) is 6.36. The van der Waals surface area contributed by atoms with Gasteiger partial charge in [0.15, 0.2) is 0 Å². The zero-order chi connectivity index (χ0) is 16.4. The van der Waals surface area contributed by atoms with E-state index in [0.29, 0.717) is 0 Å². The molecule has 0 radical (unpaired) electrons. The molecule has 2 aromatic heterocycles. The number of anilines is 3. The zero-order valence-electron chi connectivity index (χ0n) is 14.2. The molecule has 1 aliphatic heterocycles. The summed E-state index contributed by atoms with van der Waals surface area (Å²) in [6.45, 7) is 7.54. The van der Waals surface area contributed by atoms with Crippen LogP contribution in [0.3, 0.4) is 0 Å². The Balaban J connectivity index is 1.69. The molecular formula is C16H23N7.